The SMILES string of the molecule is Cc1nnc2sc(-c3ccc(NC(=S)NC(=O)c4ccc(-c5ccccc5)cc4)cc3)nn12. The summed E-state index contributed by atoms with van der Waals surface area (Å²) in [6, 6.07) is 25.1. The second-order valence-corrected chi connectivity index (χ2v) is 8.64. The molecule has 2 heterocycles. The minimum absolute atomic E-state index is 0.231. The van der Waals surface area contributed by atoms with Gasteiger partial charge in [0.05, 0.1) is 0 Å². The lowest BCUT2D eigenvalue weighted by atomic mass is 10.0. The van der Waals surface area contributed by atoms with E-state index in [-0.39, 0.29) is 11.0 Å². The number of benzene rings is 3. The maximum absolute atomic E-state index is 12.6. The molecule has 0 unspecified atom stereocenters. The van der Waals surface area contributed by atoms with Crippen LogP contribution < -0.4 is 10.6 Å². The van der Waals surface area contributed by atoms with Crippen LogP contribution in [-0.2, 0) is 0 Å². The molecule has 5 aromatic rings. The van der Waals surface area contributed by atoms with Crippen LogP contribution in [0.5, 0.6) is 0 Å². The molecule has 9 heteroatoms. The van der Waals surface area contributed by atoms with E-state index in [0.717, 1.165) is 38.2 Å². The standard InChI is InChI=1S/C24H18N6OS2/c1-15-27-28-24-30(15)29-22(33-24)19-11-13-20(14-12-19)25-23(32)26-21(31)18-9-7-17(8-10-18)16-5-3-2-4-6-16/h2-14H,1H3,(H2,25,26,31,32). The van der Waals surface area contributed by atoms with E-state index in [4.69, 9.17) is 12.2 Å². The number of nitrogens with one attached hydrogen (secondary N) is 2. The minimum atomic E-state index is -0.265. The van der Waals surface area contributed by atoms with Crippen molar-refractivity contribution in [3.05, 3.63) is 90.3 Å². The van der Waals surface area contributed by atoms with Gasteiger partial charge in [0.1, 0.15) is 5.01 Å². The summed E-state index contributed by atoms with van der Waals surface area (Å²) in [6.45, 7) is 1.86. The number of hydrogen-bond acceptors (Lipinski definition) is 6. The Bertz CT molecular complexity index is 1440. The summed E-state index contributed by atoms with van der Waals surface area (Å²) in [5, 5.41) is 19.5. The van der Waals surface area contributed by atoms with E-state index in [1.165, 1.54) is 11.3 Å². The van der Waals surface area contributed by atoms with Gasteiger partial charge in [0, 0.05) is 16.8 Å². The van der Waals surface area contributed by atoms with Crippen molar-refractivity contribution in [2.75, 3.05) is 5.32 Å². The van der Waals surface area contributed by atoms with Gasteiger partial charge in [-0.15, -0.1) is 10.2 Å². The third-order valence-corrected chi connectivity index (χ3v) is 6.17. The number of carbonyl (C=O) groups is 1. The molecule has 0 saturated carbocycles. The van der Waals surface area contributed by atoms with E-state index in [1.807, 2.05) is 73.7 Å². The van der Waals surface area contributed by atoms with E-state index < -0.39 is 0 Å². The van der Waals surface area contributed by atoms with E-state index in [1.54, 1.807) is 16.6 Å². The lowest BCUT2D eigenvalue weighted by Gasteiger charge is -2.10. The van der Waals surface area contributed by atoms with Crippen molar-refractivity contribution in [2.45, 2.75) is 6.92 Å². The first-order valence-electron chi connectivity index (χ1n) is 10.1. The molecular weight excluding hydrogens is 452 g/mol. The molecule has 162 valence electrons. The van der Waals surface area contributed by atoms with Crippen LogP contribution >= 0.6 is 23.6 Å². The highest BCUT2D eigenvalue weighted by atomic mass is 32.1. The Morgan fingerprint density at radius 1 is 0.879 bits per heavy atom. The minimum Gasteiger partial charge on any atom is -0.332 e. The predicted molar refractivity (Wildman–Crippen MR) is 134 cm³/mol. The highest BCUT2D eigenvalue weighted by Crippen LogP contribution is 2.26. The third-order valence-electron chi connectivity index (χ3n) is 5.02. The molecule has 0 radical (unpaired) electrons. The number of thiocarbonyl (C=S) groups is 1. The van der Waals surface area contributed by atoms with E-state index >= 15 is 0 Å². The number of fused-ring (bicyclic) bond motifs is 1. The van der Waals surface area contributed by atoms with Crippen molar-refractivity contribution >= 4 is 45.2 Å². The highest BCUT2D eigenvalue weighted by molar-refractivity contribution is 7.80. The van der Waals surface area contributed by atoms with Gasteiger partial charge < -0.3 is 5.32 Å². The van der Waals surface area contributed by atoms with Crippen molar-refractivity contribution in [3.63, 3.8) is 0 Å². The first-order chi connectivity index (χ1) is 16.1. The van der Waals surface area contributed by atoms with E-state index in [2.05, 4.69) is 25.9 Å². The second kappa shape index (κ2) is 8.89. The van der Waals surface area contributed by atoms with E-state index in [9.17, 15) is 4.79 Å². The Labute approximate surface area is 199 Å². The first-order valence-corrected chi connectivity index (χ1v) is 11.4. The van der Waals surface area contributed by atoms with Gasteiger partial charge in [0.2, 0.25) is 4.96 Å². The molecule has 1 amide bonds. The van der Waals surface area contributed by atoms with Crippen LogP contribution in [-0.4, -0.2) is 30.8 Å². The lowest BCUT2D eigenvalue weighted by molar-refractivity contribution is 0.0978. The van der Waals surface area contributed by atoms with Gasteiger partial charge in [0.25, 0.3) is 5.91 Å². The van der Waals surface area contributed by atoms with Crippen molar-refractivity contribution in [3.8, 4) is 21.7 Å². The van der Waals surface area contributed by atoms with Gasteiger partial charge in [0.15, 0.2) is 10.9 Å². The van der Waals surface area contributed by atoms with Gasteiger partial charge in [-0.25, -0.2) is 0 Å². The largest absolute Gasteiger partial charge is 0.332 e. The van der Waals surface area contributed by atoms with Crippen molar-refractivity contribution in [2.24, 2.45) is 0 Å². The second-order valence-electron chi connectivity index (χ2n) is 7.28. The molecule has 0 saturated heterocycles. The summed E-state index contributed by atoms with van der Waals surface area (Å²) in [5.74, 6) is 0.487. The summed E-state index contributed by atoms with van der Waals surface area (Å²) >= 11 is 6.79. The molecule has 2 N–H and O–H groups in total. The molecular formula is C24H18N6OS2. The molecule has 0 atom stereocenters. The average molecular weight is 471 g/mol. The van der Waals surface area contributed by atoms with Crippen LogP contribution in [0.3, 0.4) is 0 Å². The zero-order chi connectivity index (χ0) is 22.8. The Morgan fingerprint density at radius 3 is 2.24 bits per heavy atom. The first kappa shape index (κ1) is 20.9. The molecule has 0 aliphatic heterocycles. The molecule has 0 aliphatic rings. The molecule has 0 bridgehead atoms. The van der Waals surface area contributed by atoms with E-state index in [0.29, 0.717) is 5.56 Å². The highest BCUT2D eigenvalue weighted by Gasteiger charge is 2.11. The zero-order valence-electron chi connectivity index (χ0n) is 17.5. The fourth-order valence-electron chi connectivity index (χ4n) is 3.31. The summed E-state index contributed by atoms with van der Waals surface area (Å²) in [5.41, 5.74) is 4.41. The molecule has 0 spiro atoms. The Balaban J connectivity index is 1.21. The zero-order valence-corrected chi connectivity index (χ0v) is 19.2. The third kappa shape index (κ3) is 4.50. The number of aryl methyl sites for hydroxylation is 1. The number of rotatable bonds is 4. The average Bonchev–Trinajstić information content (AvgIpc) is 3.42. The smallest absolute Gasteiger partial charge is 0.257 e. The monoisotopic (exact) mass is 470 g/mol. The van der Waals surface area contributed by atoms with Crippen molar-refractivity contribution < 1.29 is 4.79 Å². The van der Waals surface area contributed by atoms with Gasteiger partial charge >= 0.3 is 0 Å². The molecule has 3 aromatic carbocycles. The normalized spacial score (nSPS) is 10.8. The lowest BCUT2D eigenvalue weighted by Crippen LogP contribution is -2.34. The number of carbonyl (C=O) groups excluding carboxylic acids is 1. The summed E-state index contributed by atoms with van der Waals surface area (Å²) in [7, 11) is 0. The molecule has 5 rings (SSSR count). The Kier molecular flexibility index (Phi) is 5.64. The maximum Gasteiger partial charge on any atom is 0.257 e. The predicted octanol–water partition coefficient (Wildman–Crippen LogP) is 4.96. The summed E-state index contributed by atoms with van der Waals surface area (Å²) in [6.07, 6.45) is 0. The van der Waals surface area contributed by atoms with Crippen LogP contribution in [0.2, 0.25) is 0 Å². The molecule has 0 fully saturated rings. The van der Waals surface area contributed by atoms with Gasteiger partial charge in [-0.3, -0.25) is 10.1 Å². The number of hydrogen-bond donors (Lipinski definition) is 2. The molecule has 2 aromatic heterocycles. The van der Waals surface area contributed by atoms with Gasteiger partial charge in [-0.05, 0) is 66.7 Å². The fraction of sp³-hybridized carbons (Fsp3) is 0.0417. The molecule has 33 heavy (non-hydrogen) atoms. The van der Waals surface area contributed by atoms with Crippen LogP contribution in [0.1, 0.15) is 16.2 Å². The Morgan fingerprint density at radius 2 is 1.55 bits per heavy atom. The van der Waals surface area contributed by atoms with Crippen molar-refractivity contribution in [1.29, 1.82) is 0 Å². The quantitative estimate of drug-likeness (QED) is 0.362. The fourth-order valence-corrected chi connectivity index (χ4v) is 4.41. The van der Waals surface area contributed by atoms with Crippen LogP contribution in [0.15, 0.2) is 78.9 Å². The number of anilines is 1. The Hall–Kier alpha value is -3.95. The van der Waals surface area contributed by atoms with Crippen LogP contribution in [0, 0.1) is 6.92 Å². The number of aromatic nitrogens is 4. The van der Waals surface area contributed by atoms with Crippen LogP contribution in [0.4, 0.5) is 5.69 Å². The number of nitrogens with zero attached hydrogens (tertiary/aromatic N) is 4. The molecule has 0 aliphatic carbocycles. The van der Waals surface area contributed by atoms with Gasteiger partial charge in [-0.1, -0.05) is 53.8 Å². The van der Waals surface area contributed by atoms with Crippen LogP contribution in [0.25, 0.3) is 26.7 Å². The van der Waals surface area contributed by atoms with Gasteiger partial charge in [-0.2, -0.15) is 9.61 Å². The number of amides is 1. The summed E-state index contributed by atoms with van der Waals surface area (Å²) in [4.78, 5) is 13.3. The maximum atomic E-state index is 12.6. The molecule has 7 nitrogen and oxygen atoms in total. The summed E-state index contributed by atoms with van der Waals surface area (Å²) < 4.78 is 1.73. The topological polar surface area (TPSA) is 84.2 Å². The van der Waals surface area contributed by atoms with Crippen molar-refractivity contribution in [1.82, 2.24) is 25.1 Å².